The molecule has 0 radical (unpaired) electrons. The highest BCUT2D eigenvalue weighted by atomic mass is 19.1. The number of nitrogens with zero attached hydrogens (tertiary/aromatic N) is 1. The molecule has 21 heavy (non-hydrogen) atoms. The van der Waals surface area contributed by atoms with Crippen LogP contribution in [0.2, 0.25) is 0 Å². The molecule has 2 amide bonds. The summed E-state index contributed by atoms with van der Waals surface area (Å²) in [6.07, 6.45) is 0.434. The van der Waals surface area contributed by atoms with Gasteiger partial charge < -0.3 is 16.0 Å². The zero-order chi connectivity index (χ0) is 15.8. The van der Waals surface area contributed by atoms with E-state index in [0.29, 0.717) is 6.42 Å². The van der Waals surface area contributed by atoms with E-state index in [-0.39, 0.29) is 24.7 Å². The molecule has 0 aliphatic carbocycles. The molecule has 1 aromatic carbocycles. The first-order valence-corrected chi connectivity index (χ1v) is 6.55. The zero-order valence-corrected chi connectivity index (χ0v) is 11.9. The minimum absolute atomic E-state index is 0.110. The van der Waals surface area contributed by atoms with Crippen LogP contribution in [0, 0.1) is 17.0 Å². The molecule has 1 atom stereocenters. The van der Waals surface area contributed by atoms with E-state index in [1.165, 1.54) is 11.9 Å². The quantitative estimate of drug-likeness (QED) is 0.804. The van der Waals surface area contributed by atoms with E-state index < -0.39 is 28.5 Å². The standard InChI is InChI=1S/C14H17F2N3O2/c1-14(13(21)18-2)5-6-19(7-14)12(20)10-8(15)3-4-9(17)11(10)16/h3-4H,5-7,17H2,1-2H3,(H,18,21). The van der Waals surface area contributed by atoms with Crippen molar-refractivity contribution in [3.05, 3.63) is 29.3 Å². The van der Waals surface area contributed by atoms with Crippen LogP contribution in [-0.4, -0.2) is 36.9 Å². The predicted octanol–water partition coefficient (Wildman–Crippen LogP) is 1.15. The van der Waals surface area contributed by atoms with E-state index in [2.05, 4.69) is 5.32 Å². The van der Waals surface area contributed by atoms with Crippen LogP contribution in [-0.2, 0) is 4.79 Å². The van der Waals surface area contributed by atoms with Gasteiger partial charge in [0.1, 0.15) is 11.4 Å². The van der Waals surface area contributed by atoms with Crippen molar-refractivity contribution in [3.63, 3.8) is 0 Å². The average molecular weight is 297 g/mol. The number of carbonyl (C=O) groups excluding carboxylic acids is 2. The minimum Gasteiger partial charge on any atom is -0.396 e. The summed E-state index contributed by atoms with van der Waals surface area (Å²) < 4.78 is 27.6. The first kappa shape index (κ1) is 15.2. The molecule has 5 nitrogen and oxygen atoms in total. The predicted molar refractivity (Wildman–Crippen MR) is 73.5 cm³/mol. The van der Waals surface area contributed by atoms with Gasteiger partial charge in [0, 0.05) is 20.1 Å². The second kappa shape index (κ2) is 5.31. The summed E-state index contributed by atoms with van der Waals surface area (Å²) in [4.78, 5) is 25.4. The highest BCUT2D eigenvalue weighted by molar-refractivity contribution is 5.96. The molecular weight excluding hydrogens is 280 g/mol. The molecule has 114 valence electrons. The fraction of sp³-hybridized carbons (Fsp3) is 0.429. The number of hydrogen-bond donors (Lipinski definition) is 2. The number of halogens is 2. The maximum Gasteiger partial charge on any atom is 0.259 e. The summed E-state index contributed by atoms with van der Waals surface area (Å²) in [6, 6.07) is 2.03. The largest absolute Gasteiger partial charge is 0.396 e. The van der Waals surface area contributed by atoms with Gasteiger partial charge in [0.25, 0.3) is 5.91 Å². The fourth-order valence-corrected chi connectivity index (χ4v) is 2.54. The van der Waals surface area contributed by atoms with Crippen LogP contribution in [0.5, 0.6) is 0 Å². The Hall–Kier alpha value is -2.18. The number of nitrogens with two attached hydrogens (primary N) is 1. The van der Waals surface area contributed by atoms with Crippen molar-refractivity contribution >= 4 is 17.5 Å². The monoisotopic (exact) mass is 297 g/mol. The van der Waals surface area contributed by atoms with Gasteiger partial charge in [-0.3, -0.25) is 9.59 Å². The second-order valence-corrected chi connectivity index (χ2v) is 5.44. The number of likely N-dealkylation sites (tertiary alicyclic amines) is 1. The molecule has 7 heteroatoms. The first-order valence-electron chi connectivity index (χ1n) is 6.55. The van der Waals surface area contributed by atoms with Gasteiger partial charge in [0.15, 0.2) is 5.82 Å². The van der Waals surface area contributed by atoms with E-state index in [0.717, 1.165) is 12.1 Å². The van der Waals surface area contributed by atoms with Crippen molar-refractivity contribution in [2.24, 2.45) is 5.41 Å². The summed E-state index contributed by atoms with van der Waals surface area (Å²) in [5, 5.41) is 2.53. The molecule has 3 N–H and O–H groups in total. The van der Waals surface area contributed by atoms with Crippen LogP contribution >= 0.6 is 0 Å². The number of amides is 2. The average Bonchev–Trinajstić information content (AvgIpc) is 2.86. The van der Waals surface area contributed by atoms with Crippen LogP contribution in [0.4, 0.5) is 14.5 Å². The lowest BCUT2D eigenvalue weighted by Crippen LogP contribution is -2.40. The molecule has 0 spiro atoms. The van der Waals surface area contributed by atoms with Crippen LogP contribution < -0.4 is 11.1 Å². The number of carbonyl (C=O) groups is 2. The van der Waals surface area contributed by atoms with Gasteiger partial charge in [-0.1, -0.05) is 0 Å². The Bertz CT molecular complexity index is 606. The number of nitrogens with one attached hydrogen (secondary N) is 1. The number of rotatable bonds is 2. The Balaban J connectivity index is 2.28. The third-order valence-corrected chi connectivity index (χ3v) is 3.87. The number of hydrogen-bond acceptors (Lipinski definition) is 3. The molecule has 0 saturated carbocycles. The highest BCUT2D eigenvalue weighted by Crippen LogP contribution is 2.32. The lowest BCUT2D eigenvalue weighted by molar-refractivity contribution is -0.128. The molecular formula is C14H17F2N3O2. The first-order chi connectivity index (χ1) is 9.80. The Morgan fingerprint density at radius 1 is 1.38 bits per heavy atom. The third kappa shape index (κ3) is 2.55. The van der Waals surface area contributed by atoms with E-state index in [1.54, 1.807) is 6.92 Å². The van der Waals surface area contributed by atoms with Crippen molar-refractivity contribution in [2.45, 2.75) is 13.3 Å². The Morgan fingerprint density at radius 2 is 2.05 bits per heavy atom. The van der Waals surface area contributed by atoms with Crippen molar-refractivity contribution in [1.82, 2.24) is 10.2 Å². The number of nitrogen functional groups attached to an aromatic ring is 1. The van der Waals surface area contributed by atoms with Gasteiger partial charge >= 0.3 is 0 Å². The molecule has 1 aliphatic rings. The number of benzene rings is 1. The van der Waals surface area contributed by atoms with Crippen LogP contribution in [0.3, 0.4) is 0 Å². The van der Waals surface area contributed by atoms with Crippen molar-refractivity contribution in [2.75, 3.05) is 25.9 Å². The minimum atomic E-state index is -1.06. The van der Waals surface area contributed by atoms with Gasteiger partial charge in [0.2, 0.25) is 5.91 Å². The van der Waals surface area contributed by atoms with Gasteiger partial charge in [-0.25, -0.2) is 8.78 Å². The molecule has 0 bridgehead atoms. The van der Waals surface area contributed by atoms with E-state index in [1.807, 2.05) is 0 Å². The lowest BCUT2D eigenvalue weighted by Gasteiger charge is -2.23. The summed E-state index contributed by atoms with van der Waals surface area (Å²) in [5.41, 5.74) is 3.67. The summed E-state index contributed by atoms with van der Waals surface area (Å²) in [5.74, 6) is -3.01. The van der Waals surface area contributed by atoms with E-state index >= 15 is 0 Å². The molecule has 1 aromatic rings. The normalized spacial score (nSPS) is 21.4. The molecule has 1 heterocycles. The summed E-state index contributed by atoms with van der Waals surface area (Å²) in [7, 11) is 1.51. The maximum atomic E-state index is 13.9. The fourth-order valence-electron chi connectivity index (χ4n) is 2.54. The van der Waals surface area contributed by atoms with Crippen molar-refractivity contribution in [3.8, 4) is 0 Å². The molecule has 1 aliphatic heterocycles. The second-order valence-electron chi connectivity index (χ2n) is 5.44. The van der Waals surface area contributed by atoms with Crippen molar-refractivity contribution in [1.29, 1.82) is 0 Å². The molecule has 1 saturated heterocycles. The van der Waals surface area contributed by atoms with E-state index in [9.17, 15) is 18.4 Å². The van der Waals surface area contributed by atoms with Crippen LogP contribution in [0.25, 0.3) is 0 Å². The third-order valence-electron chi connectivity index (χ3n) is 3.87. The molecule has 0 aromatic heterocycles. The smallest absolute Gasteiger partial charge is 0.259 e. The SMILES string of the molecule is CNC(=O)C1(C)CCN(C(=O)c2c(F)ccc(N)c2F)C1. The van der Waals surface area contributed by atoms with Crippen LogP contribution in [0.15, 0.2) is 12.1 Å². The topological polar surface area (TPSA) is 75.4 Å². The molecule has 2 rings (SSSR count). The van der Waals surface area contributed by atoms with Gasteiger partial charge in [-0.05, 0) is 25.5 Å². The van der Waals surface area contributed by atoms with Gasteiger partial charge in [-0.2, -0.15) is 0 Å². The van der Waals surface area contributed by atoms with Gasteiger partial charge in [0.05, 0.1) is 11.1 Å². The Morgan fingerprint density at radius 3 is 2.67 bits per heavy atom. The molecule has 1 unspecified atom stereocenters. The van der Waals surface area contributed by atoms with E-state index in [4.69, 9.17) is 5.73 Å². The lowest BCUT2D eigenvalue weighted by atomic mass is 9.89. The van der Waals surface area contributed by atoms with Crippen molar-refractivity contribution < 1.29 is 18.4 Å². The molecule has 1 fully saturated rings. The summed E-state index contributed by atoms with van der Waals surface area (Å²) >= 11 is 0. The maximum absolute atomic E-state index is 13.9. The summed E-state index contributed by atoms with van der Waals surface area (Å²) in [6.45, 7) is 2.08. The zero-order valence-electron chi connectivity index (χ0n) is 11.9. The highest BCUT2D eigenvalue weighted by Gasteiger charge is 2.42. The Labute approximate surface area is 121 Å². The number of anilines is 1. The van der Waals surface area contributed by atoms with Crippen LogP contribution in [0.1, 0.15) is 23.7 Å². The van der Waals surface area contributed by atoms with Gasteiger partial charge in [-0.15, -0.1) is 0 Å². The Kier molecular flexibility index (Phi) is 3.85.